The van der Waals surface area contributed by atoms with E-state index in [1.54, 1.807) is 13.0 Å². The second-order valence-electron chi connectivity index (χ2n) is 12.1. The number of carboxylic acid groups (broad SMARTS) is 1. The Kier molecular flexibility index (Phi) is 11.5. The van der Waals surface area contributed by atoms with Crippen molar-refractivity contribution < 1.29 is 32.5 Å². The number of halogens is 3. The van der Waals surface area contributed by atoms with Gasteiger partial charge in [-0.15, -0.1) is 0 Å². The zero-order chi connectivity index (χ0) is 34.3. The molecule has 1 N–H and O–H groups in total. The number of ether oxygens (including phenoxy) is 2. The molecule has 3 aromatic carbocycles. The Bertz CT molecular complexity index is 1690. The number of hydrogen-bond donors (Lipinski definition) is 1. The number of carboxylic acids is 1. The number of aliphatic carboxylic acids is 1. The van der Waals surface area contributed by atoms with E-state index in [9.17, 15) is 18.0 Å². The maximum Gasteiger partial charge on any atom is 0.416 e. The molecule has 0 radical (unpaired) electrons. The zero-order valence-electron chi connectivity index (χ0n) is 27.7. The first kappa shape index (κ1) is 35.3. The standard InChI is InChI=1S/C37H42F3N3O4/c1-7-46-34-18-33(32-17-28(23(2)3)11-10-25(32)5)29(15-26(34)6)22-43(21-27-13-24(4)14-30(16-27)37(38,39)40)36-41-19-31(20-42-36)47-12-8-9-35(44)45/h10-11,13-20,23H,7-9,12,21-22H2,1-6H3,(H,44,45). The summed E-state index contributed by atoms with van der Waals surface area (Å²) in [4.78, 5) is 21.7. The molecule has 1 aromatic heterocycles. The summed E-state index contributed by atoms with van der Waals surface area (Å²) in [5.74, 6) is 0.848. The summed E-state index contributed by atoms with van der Waals surface area (Å²) < 4.78 is 53.0. The number of aryl methyl sites for hydroxylation is 3. The average molecular weight is 650 g/mol. The molecule has 250 valence electrons. The van der Waals surface area contributed by atoms with Gasteiger partial charge in [0.05, 0.1) is 31.2 Å². The van der Waals surface area contributed by atoms with Gasteiger partial charge < -0.3 is 19.5 Å². The van der Waals surface area contributed by atoms with Gasteiger partial charge in [-0.2, -0.15) is 13.2 Å². The molecular formula is C37H42F3N3O4. The Labute approximate surface area is 274 Å². The van der Waals surface area contributed by atoms with Crippen LogP contribution in [0.2, 0.25) is 0 Å². The third kappa shape index (κ3) is 9.47. The predicted molar refractivity (Wildman–Crippen MR) is 177 cm³/mol. The molecular weight excluding hydrogens is 607 g/mol. The zero-order valence-corrected chi connectivity index (χ0v) is 27.7. The number of nitrogens with zero attached hydrogens (tertiary/aromatic N) is 3. The van der Waals surface area contributed by atoms with Gasteiger partial charge in [0, 0.05) is 19.5 Å². The molecule has 0 fully saturated rings. The minimum absolute atomic E-state index is 0.0213. The van der Waals surface area contributed by atoms with Crippen molar-refractivity contribution >= 4 is 11.9 Å². The average Bonchev–Trinajstić information content (AvgIpc) is 3.00. The largest absolute Gasteiger partial charge is 0.494 e. The molecule has 0 aliphatic carbocycles. The summed E-state index contributed by atoms with van der Waals surface area (Å²) in [5, 5.41) is 8.88. The van der Waals surface area contributed by atoms with Gasteiger partial charge in [0.15, 0.2) is 5.75 Å². The molecule has 4 aromatic rings. The number of aromatic nitrogens is 2. The first-order valence-corrected chi connectivity index (χ1v) is 15.7. The van der Waals surface area contributed by atoms with Crippen LogP contribution in [0.1, 0.15) is 78.5 Å². The van der Waals surface area contributed by atoms with E-state index in [-0.39, 0.29) is 19.6 Å². The van der Waals surface area contributed by atoms with Gasteiger partial charge in [-0.1, -0.05) is 43.7 Å². The number of anilines is 1. The van der Waals surface area contributed by atoms with Crippen LogP contribution in [0, 0.1) is 20.8 Å². The molecule has 47 heavy (non-hydrogen) atoms. The van der Waals surface area contributed by atoms with Crippen molar-refractivity contribution in [3.05, 3.63) is 99.9 Å². The lowest BCUT2D eigenvalue weighted by Crippen LogP contribution is -2.25. The Morgan fingerprint density at radius 1 is 0.915 bits per heavy atom. The molecule has 1 heterocycles. The highest BCUT2D eigenvalue weighted by Crippen LogP contribution is 2.37. The first-order valence-electron chi connectivity index (χ1n) is 15.7. The minimum Gasteiger partial charge on any atom is -0.494 e. The Balaban J connectivity index is 1.79. The molecule has 7 nitrogen and oxygen atoms in total. The monoisotopic (exact) mass is 649 g/mol. The van der Waals surface area contributed by atoms with Crippen LogP contribution in [0.3, 0.4) is 0 Å². The van der Waals surface area contributed by atoms with E-state index < -0.39 is 17.7 Å². The molecule has 0 aliphatic heterocycles. The van der Waals surface area contributed by atoms with Crippen molar-refractivity contribution in [2.75, 3.05) is 18.1 Å². The number of alkyl halides is 3. The molecule has 0 amide bonds. The lowest BCUT2D eigenvalue weighted by molar-refractivity contribution is -0.138. The molecule has 0 atom stereocenters. The second-order valence-corrected chi connectivity index (χ2v) is 12.1. The molecule has 0 saturated heterocycles. The van der Waals surface area contributed by atoms with Gasteiger partial charge in [-0.3, -0.25) is 4.79 Å². The molecule has 10 heteroatoms. The summed E-state index contributed by atoms with van der Waals surface area (Å²) in [6.45, 7) is 13.0. The summed E-state index contributed by atoms with van der Waals surface area (Å²) in [6, 6.07) is 14.6. The Hall–Kier alpha value is -4.60. The fraction of sp³-hybridized carbons (Fsp3) is 0.378. The summed E-state index contributed by atoms with van der Waals surface area (Å²) in [7, 11) is 0. The van der Waals surface area contributed by atoms with E-state index in [1.165, 1.54) is 24.0 Å². The number of carbonyl (C=O) groups is 1. The number of rotatable bonds is 14. The van der Waals surface area contributed by atoms with Crippen molar-refractivity contribution in [2.45, 2.75) is 79.6 Å². The molecule has 0 spiro atoms. The number of hydrogen-bond acceptors (Lipinski definition) is 6. The first-order chi connectivity index (χ1) is 22.2. The van der Waals surface area contributed by atoms with Crippen LogP contribution in [0.25, 0.3) is 11.1 Å². The van der Waals surface area contributed by atoms with Crippen LogP contribution in [0.4, 0.5) is 19.1 Å². The minimum atomic E-state index is -4.49. The van der Waals surface area contributed by atoms with Gasteiger partial charge in [-0.25, -0.2) is 9.97 Å². The van der Waals surface area contributed by atoms with Gasteiger partial charge in [0.25, 0.3) is 0 Å². The molecule has 4 rings (SSSR count). The van der Waals surface area contributed by atoms with Crippen LogP contribution in [-0.4, -0.2) is 34.3 Å². The smallest absolute Gasteiger partial charge is 0.416 e. The van der Waals surface area contributed by atoms with Gasteiger partial charge >= 0.3 is 12.1 Å². The third-order valence-electron chi connectivity index (χ3n) is 7.82. The second kappa shape index (κ2) is 15.3. The summed E-state index contributed by atoms with van der Waals surface area (Å²) in [5.41, 5.74) is 6.42. The maximum atomic E-state index is 13.8. The summed E-state index contributed by atoms with van der Waals surface area (Å²) in [6.07, 6.45) is -1.19. The molecule has 0 bridgehead atoms. The maximum absolute atomic E-state index is 13.8. The topological polar surface area (TPSA) is 84.8 Å². The normalized spacial score (nSPS) is 11.5. The van der Waals surface area contributed by atoms with E-state index in [0.29, 0.717) is 48.3 Å². The van der Waals surface area contributed by atoms with Crippen molar-refractivity contribution in [1.29, 1.82) is 0 Å². The predicted octanol–water partition coefficient (Wildman–Crippen LogP) is 9.06. The van der Waals surface area contributed by atoms with Crippen molar-refractivity contribution in [3.63, 3.8) is 0 Å². The van der Waals surface area contributed by atoms with E-state index in [2.05, 4.69) is 55.0 Å². The van der Waals surface area contributed by atoms with Crippen LogP contribution < -0.4 is 14.4 Å². The van der Waals surface area contributed by atoms with Crippen LogP contribution in [0.15, 0.2) is 60.9 Å². The highest BCUT2D eigenvalue weighted by molar-refractivity contribution is 5.74. The van der Waals surface area contributed by atoms with E-state index in [4.69, 9.17) is 14.6 Å². The lowest BCUT2D eigenvalue weighted by Gasteiger charge is -2.26. The van der Waals surface area contributed by atoms with E-state index >= 15 is 0 Å². The summed E-state index contributed by atoms with van der Waals surface area (Å²) >= 11 is 0. The van der Waals surface area contributed by atoms with Crippen molar-refractivity contribution in [3.8, 4) is 22.6 Å². The highest BCUT2D eigenvalue weighted by Gasteiger charge is 2.31. The Morgan fingerprint density at radius 3 is 2.28 bits per heavy atom. The fourth-order valence-electron chi connectivity index (χ4n) is 5.43. The van der Waals surface area contributed by atoms with E-state index in [1.807, 2.05) is 24.8 Å². The lowest BCUT2D eigenvalue weighted by atomic mass is 9.90. The van der Waals surface area contributed by atoms with Crippen molar-refractivity contribution in [2.24, 2.45) is 0 Å². The van der Waals surface area contributed by atoms with Crippen molar-refractivity contribution in [1.82, 2.24) is 9.97 Å². The number of benzene rings is 3. The molecule has 0 aliphatic rings. The third-order valence-corrected chi connectivity index (χ3v) is 7.82. The molecule has 0 unspecified atom stereocenters. The SMILES string of the molecule is CCOc1cc(-c2cc(C(C)C)ccc2C)c(CN(Cc2cc(C)cc(C(F)(F)F)c2)c2ncc(OCCCC(=O)O)cn2)cc1C. The quantitative estimate of drug-likeness (QED) is 0.136. The van der Waals surface area contributed by atoms with Crippen LogP contribution in [-0.2, 0) is 24.1 Å². The van der Waals surface area contributed by atoms with Gasteiger partial charge in [0.1, 0.15) is 5.75 Å². The van der Waals surface area contributed by atoms with Gasteiger partial charge in [0.2, 0.25) is 5.95 Å². The fourth-order valence-corrected chi connectivity index (χ4v) is 5.43. The van der Waals surface area contributed by atoms with E-state index in [0.717, 1.165) is 39.6 Å². The van der Waals surface area contributed by atoms with Crippen LogP contribution >= 0.6 is 0 Å². The Morgan fingerprint density at radius 2 is 1.64 bits per heavy atom. The van der Waals surface area contributed by atoms with Gasteiger partial charge in [-0.05, 0) is 103 Å². The van der Waals surface area contributed by atoms with Crippen LogP contribution in [0.5, 0.6) is 11.5 Å². The highest BCUT2D eigenvalue weighted by atomic mass is 19.4. The molecule has 0 saturated carbocycles.